The molecular weight excluding hydrogens is 274 g/mol. The van der Waals surface area contributed by atoms with Gasteiger partial charge in [-0.3, -0.25) is 4.79 Å². The standard InChI is InChI=1S/C16H18ClNO2/c1-11(2)18-15(9-6-13(10-17)16(18)19)12-4-7-14(20-3)8-5-12/h4-9,11H,10H2,1-3H3. The van der Waals surface area contributed by atoms with Crippen LogP contribution in [0.3, 0.4) is 0 Å². The van der Waals surface area contributed by atoms with Crippen molar-refractivity contribution >= 4 is 11.6 Å². The summed E-state index contributed by atoms with van der Waals surface area (Å²) >= 11 is 5.82. The molecule has 0 saturated heterocycles. The highest BCUT2D eigenvalue weighted by Crippen LogP contribution is 2.24. The second-order valence-electron chi connectivity index (χ2n) is 4.87. The zero-order chi connectivity index (χ0) is 14.7. The second-order valence-corrected chi connectivity index (χ2v) is 5.14. The van der Waals surface area contributed by atoms with Crippen LogP contribution in [-0.2, 0) is 5.88 Å². The largest absolute Gasteiger partial charge is 0.497 e. The maximum atomic E-state index is 12.4. The Kier molecular flexibility index (Phi) is 4.50. The van der Waals surface area contributed by atoms with Gasteiger partial charge < -0.3 is 9.30 Å². The lowest BCUT2D eigenvalue weighted by Crippen LogP contribution is -2.26. The first-order chi connectivity index (χ1) is 9.58. The molecular formula is C16H18ClNO2. The number of nitrogens with zero attached hydrogens (tertiary/aromatic N) is 1. The smallest absolute Gasteiger partial charge is 0.255 e. The summed E-state index contributed by atoms with van der Waals surface area (Å²) in [5, 5.41) is 0. The van der Waals surface area contributed by atoms with Crippen molar-refractivity contribution in [2.45, 2.75) is 25.8 Å². The van der Waals surface area contributed by atoms with E-state index in [1.807, 2.05) is 44.2 Å². The zero-order valence-electron chi connectivity index (χ0n) is 11.9. The number of hydrogen-bond donors (Lipinski definition) is 0. The van der Waals surface area contributed by atoms with Gasteiger partial charge in [0.25, 0.3) is 5.56 Å². The molecule has 0 N–H and O–H groups in total. The number of rotatable bonds is 4. The van der Waals surface area contributed by atoms with E-state index in [4.69, 9.17) is 16.3 Å². The minimum atomic E-state index is -0.0247. The number of methoxy groups -OCH3 is 1. The molecule has 20 heavy (non-hydrogen) atoms. The summed E-state index contributed by atoms with van der Waals surface area (Å²) in [4.78, 5) is 12.4. The van der Waals surface area contributed by atoms with Crippen molar-refractivity contribution < 1.29 is 4.74 Å². The van der Waals surface area contributed by atoms with Crippen molar-refractivity contribution in [1.82, 2.24) is 4.57 Å². The molecule has 4 heteroatoms. The maximum Gasteiger partial charge on any atom is 0.255 e. The van der Waals surface area contributed by atoms with E-state index in [-0.39, 0.29) is 17.5 Å². The number of ether oxygens (including phenoxy) is 1. The first kappa shape index (κ1) is 14.7. The van der Waals surface area contributed by atoms with Gasteiger partial charge in [0, 0.05) is 11.6 Å². The van der Waals surface area contributed by atoms with E-state index >= 15 is 0 Å². The van der Waals surface area contributed by atoms with Crippen molar-refractivity contribution in [3.05, 3.63) is 52.3 Å². The molecule has 0 bridgehead atoms. The van der Waals surface area contributed by atoms with Crippen LogP contribution in [0.5, 0.6) is 5.75 Å². The third kappa shape index (κ3) is 2.73. The van der Waals surface area contributed by atoms with E-state index in [1.165, 1.54) is 0 Å². The first-order valence-corrected chi connectivity index (χ1v) is 7.06. The Bertz CT molecular complexity index is 645. The maximum absolute atomic E-state index is 12.4. The Hall–Kier alpha value is -1.74. The van der Waals surface area contributed by atoms with Gasteiger partial charge in [-0.05, 0) is 49.7 Å². The van der Waals surface area contributed by atoms with Crippen LogP contribution in [0.25, 0.3) is 11.3 Å². The summed E-state index contributed by atoms with van der Waals surface area (Å²) in [5.41, 5.74) is 2.47. The van der Waals surface area contributed by atoms with Crippen molar-refractivity contribution in [3.8, 4) is 17.0 Å². The van der Waals surface area contributed by atoms with E-state index in [0.29, 0.717) is 5.56 Å². The van der Waals surface area contributed by atoms with Gasteiger partial charge >= 0.3 is 0 Å². The predicted molar refractivity (Wildman–Crippen MR) is 82.6 cm³/mol. The highest BCUT2D eigenvalue weighted by molar-refractivity contribution is 6.17. The molecule has 0 spiro atoms. The molecule has 0 aliphatic rings. The van der Waals surface area contributed by atoms with Crippen molar-refractivity contribution in [2.24, 2.45) is 0 Å². The van der Waals surface area contributed by atoms with Crippen LogP contribution >= 0.6 is 11.6 Å². The fraction of sp³-hybridized carbons (Fsp3) is 0.312. The van der Waals surface area contributed by atoms with Gasteiger partial charge in [-0.1, -0.05) is 6.07 Å². The highest BCUT2D eigenvalue weighted by Gasteiger charge is 2.12. The van der Waals surface area contributed by atoms with E-state index in [1.54, 1.807) is 17.7 Å². The van der Waals surface area contributed by atoms with Crippen LogP contribution in [0, 0.1) is 0 Å². The van der Waals surface area contributed by atoms with Gasteiger partial charge in [0.2, 0.25) is 0 Å². The molecule has 0 aliphatic heterocycles. The number of halogens is 1. The summed E-state index contributed by atoms with van der Waals surface area (Å²) in [6.07, 6.45) is 0. The second kappa shape index (κ2) is 6.14. The lowest BCUT2D eigenvalue weighted by molar-refractivity contribution is 0.415. The van der Waals surface area contributed by atoms with Gasteiger partial charge in [-0.25, -0.2) is 0 Å². The Balaban J connectivity index is 2.61. The molecule has 0 aliphatic carbocycles. The third-order valence-corrected chi connectivity index (χ3v) is 3.53. The zero-order valence-corrected chi connectivity index (χ0v) is 12.6. The summed E-state index contributed by atoms with van der Waals surface area (Å²) in [6.45, 7) is 3.98. The fourth-order valence-electron chi connectivity index (χ4n) is 2.21. The van der Waals surface area contributed by atoms with Gasteiger partial charge in [0.05, 0.1) is 18.7 Å². The quantitative estimate of drug-likeness (QED) is 0.801. The van der Waals surface area contributed by atoms with Gasteiger partial charge in [-0.2, -0.15) is 0 Å². The van der Waals surface area contributed by atoms with Crippen LogP contribution < -0.4 is 10.3 Å². The van der Waals surface area contributed by atoms with Gasteiger partial charge in [0.1, 0.15) is 5.75 Å². The molecule has 0 radical (unpaired) electrons. The molecule has 0 saturated carbocycles. The van der Waals surface area contributed by atoms with Crippen LogP contribution in [0.4, 0.5) is 0 Å². The van der Waals surface area contributed by atoms with Crippen molar-refractivity contribution in [2.75, 3.05) is 7.11 Å². The molecule has 0 fully saturated rings. The summed E-state index contributed by atoms with van der Waals surface area (Å²) < 4.78 is 6.93. The number of alkyl halides is 1. The van der Waals surface area contributed by atoms with Crippen molar-refractivity contribution in [3.63, 3.8) is 0 Å². The topological polar surface area (TPSA) is 31.2 Å². The van der Waals surface area contributed by atoms with Crippen molar-refractivity contribution in [1.29, 1.82) is 0 Å². The molecule has 2 rings (SSSR count). The van der Waals surface area contributed by atoms with Crippen LogP contribution in [0.1, 0.15) is 25.5 Å². The van der Waals surface area contributed by atoms with Crippen LogP contribution in [-0.4, -0.2) is 11.7 Å². The normalized spacial score (nSPS) is 10.8. The van der Waals surface area contributed by atoms with E-state index in [0.717, 1.165) is 17.0 Å². The fourth-order valence-corrected chi connectivity index (χ4v) is 2.41. The minimum Gasteiger partial charge on any atom is -0.497 e. The Morgan fingerprint density at radius 1 is 1.15 bits per heavy atom. The predicted octanol–water partition coefficient (Wildman–Crippen LogP) is 3.84. The average Bonchev–Trinajstić information content (AvgIpc) is 2.46. The highest BCUT2D eigenvalue weighted by atomic mass is 35.5. The molecule has 106 valence electrons. The Morgan fingerprint density at radius 2 is 1.80 bits per heavy atom. The molecule has 3 nitrogen and oxygen atoms in total. The molecule has 0 amide bonds. The lowest BCUT2D eigenvalue weighted by atomic mass is 10.1. The minimum absolute atomic E-state index is 0.0247. The Labute approximate surface area is 123 Å². The number of pyridine rings is 1. The SMILES string of the molecule is COc1ccc(-c2ccc(CCl)c(=O)n2C(C)C)cc1. The number of hydrogen-bond acceptors (Lipinski definition) is 2. The monoisotopic (exact) mass is 291 g/mol. The lowest BCUT2D eigenvalue weighted by Gasteiger charge is -2.17. The third-order valence-electron chi connectivity index (χ3n) is 3.24. The van der Waals surface area contributed by atoms with Crippen LogP contribution in [0.2, 0.25) is 0 Å². The van der Waals surface area contributed by atoms with Gasteiger partial charge in [-0.15, -0.1) is 11.6 Å². The molecule has 2 aromatic rings. The molecule has 1 aromatic carbocycles. The molecule has 0 unspecified atom stereocenters. The number of benzene rings is 1. The average molecular weight is 292 g/mol. The van der Waals surface area contributed by atoms with Crippen LogP contribution in [0.15, 0.2) is 41.2 Å². The number of aromatic nitrogens is 1. The van der Waals surface area contributed by atoms with E-state index < -0.39 is 0 Å². The molecule has 0 atom stereocenters. The molecule has 1 heterocycles. The van der Waals surface area contributed by atoms with E-state index in [9.17, 15) is 4.79 Å². The van der Waals surface area contributed by atoms with E-state index in [2.05, 4.69) is 0 Å². The molecule has 1 aromatic heterocycles. The summed E-state index contributed by atoms with van der Waals surface area (Å²) in [7, 11) is 1.63. The Morgan fingerprint density at radius 3 is 2.30 bits per heavy atom. The first-order valence-electron chi connectivity index (χ1n) is 6.53. The summed E-state index contributed by atoms with van der Waals surface area (Å²) in [5.74, 6) is 1.03. The summed E-state index contributed by atoms with van der Waals surface area (Å²) in [6, 6.07) is 11.5. The van der Waals surface area contributed by atoms with Gasteiger partial charge in [0.15, 0.2) is 0 Å².